The zero-order chi connectivity index (χ0) is 28.6. The lowest BCUT2D eigenvalue weighted by atomic mass is 10.1. The molecule has 216 valence electrons. The topological polar surface area (TPSA) is 121 Å². The molecule has 0 fully saturated rings. The van der Waals surface area contributed by atoms with Gasteiger partial charge in [-0.25, -0.2) is 14.8 Å². The third-order valence-corrected chi connectivity index (χ3v) is 7.64. The Bertz CT molecular complexity index is 1470. The van der Waals surface area contributed by atoms with Crippen molar-refractivity contribution in [1.82, 2.24) is 29.6 Å². The highest BCUT2D eigenvalue weighted by Crippen LogP contribution is 2.20. The minimum absolute atomic E-state index is 0.443. The fourth-order valence-corrected chi connectivity index (χ4v) is 5.40. The number of aromatic nitrogens is 5. The molecule has 0 amide bonds. The van der Waals surface area contributed by atoms with Crippen LogP contribution in [0.15, 0.2) is 48.7 Å². The number of carboxylic acids is 1. The molecule has 0 radical (unpaired) electrons. The molecule has 1 aliphatic rings. The Balaban J connectivity index is 1.18. The quantitative estimate of drug-likeness (QED) is 0.193. The van der Waals surface area contributed by atoms with E-state index in [1.807, 2.05) is 35.9 Å². The maximum atomic E-state index is 12.2. The van der Waals surface area contributed by atoms with E-state index in [4.69, 9.17) is 4.98 Å². The first-order valence-corrected chi connectivity index (χ1v) is 14.6. The number of nitrogens with one attached hydrogen (secondary N) is 2. The molecule has 0 aliphatic carbocycles. The number of anilines is 2. The van der Waals surface area contributed by atoms with Gasteiger partial charge in [-0.1, -0.05) is 18.2 Å². The molecular formula is C31H40N8O2. The smallest absolute Gasteiger partial charge is 0.326 e. The third-order valence-electron chi connectivity index (χ3n) is 7.64. The Labute approximate surface area is 241 Å². The van der Waals surface area contributed by atoms with Crippen LogP contribution in [0.2, 0.25) is 0 Å². The summed E-state index contributed by atoms with van der Waals surface area (Å²) in [5.74, 6) is 0.617. The number of hydrogen-bond donors (Lipinski definition) is 3. The van der Waals surface area contributed by atoms with Gasteiger partial charge in [0.2, 0.25) is 0 Å². The Morgan fingerprint density at radius 2 is 1.95 bits per heavy atom. The van der Waals surface area contributed by atoms with E-state index >= 15 is 0 Å². The summed E-state index contributed by atoms with van der Waals surface area (Å²) >= 11 is 0. The Morgan fingerprint density at radius 3 is 2.76 bits per heavy atom. The molecule has 41 heavy (non-hydrogen) atoms. The van der Waals surface area contributed by atoms with E-state index in [2.05, 4.69) is 55.7 Å². The highest BCUT2D eigenvalue weighted by atomic mass is 16.4. The van der Waals surface area contributed by atoms with Crippen LogP contribution in [0.25, 0.3) is 11.0 Å². The van der Waals surface area contributed by atoms with Crippen molar-refractivity contribution in [2.75, 3.05) is 36.8 Å². The number of pyridine rings is 1. The summed E-state index contributed by atoms with van der Waals surface area (Å²) in [5.41, 5.74) is 6.09. The van der Waals surface area contributed by atoms with Gasteiger partial charge in [-0.15, -0.1) is 0 Å². The van der Waals surface area contributed by atoms with Crippen LogP contribution in [0.1, 0.15) is 48.3 Å². The summed E-state index contributed by atoms with van der Waals surface area (Å²) in [6.45, 7) is 8.15. The van der Waals surface area contributed by atoms with Crippen molar-refractivity contribution >= 4 is 28.6 Å². The van der Waals surface area contributed by atoms with Crippen molar-refractivity contribution in [2.24, 2.45) is 0 Å². The first-order chi connectivity index (χ1) is 19.9. The molecule has 0 bridgehead atoms. The Hall–Kier alpha value is -4.05. The van der Waals surface area contributed by atoms with Crippen molar-refractivity contribution in [2.45, 2.75) is 65.0 Å². The zero-order valence-electron chi connectivity index (χ0n) is 24.0. The van der Waals surface area contributed by atoms with E-state index < -0.39 is 12.0 Å². The van der Waals surface area contributed by atoms with Gasteiger partial charge in [-0.3, -0.25) is 9.67 Å². The number of carbonyl (C=O) groups is 1. The lowest BCUT2D eigenvalue weighted by molar-refractivity contribution is -0.138. The largest absolute Gasteiger partial charge is 0.480 e. The molecular weight excluding hydrogens is 516 g/mol. The monoisotopic (exact) mass is 556 g/mol. The van der Waals surface area contributed by atoms with Gasteiger partial charge in [0.15, 0.2) is 0 Å². The van der Waals surface area contributed by atoms with Gasteiger partial charge < -0.3 is 20.6 Å². The highest BCUT2D eigenvalue weighted by Gasteiger charge is 2.20. The fourth-order valence-electron chi connectivity index (χ4n) is 5.40. The predicted octanol–water partition coefficient (Wildman–Crippen LogP) is 4.48. The van der Waals surface area contributed by atoms with E-state index in [1.54, 1.807) is 6.20 Å². The molecule has 4 aromatic rings. The summed E-state index contributed by atoms with van der Waals surface area (Å²) in [6.07, 6.45) is 7.26. The van der Waals surface area contributed by atoms with Gasteiger partial charge in [0, 0.05) is 31.0 Å². The average Bonchev–Trinajstić information content (AvgIpc) is 3.31. The molecule has 1 atom stereocenters. The van der Waals surface area contributed by atoms with Gasteiger partial charge in [-0.2, -0.15) is 5.10 Å². The molecule has 1 aliphatic heterocycles. The van der Waals surface area contributed by atoms with Crippen molar-refractivity contribution in [3.63, 3.8) is 0 Å². The molecule has 0 saturated heterocycles. The molecule has 1 unspecified atom stereocenters. The number of para-hydroxylation sites is 2. The number of nitrogens with zero attached hydrogens (tertiary/aromatic N) is 6. The first kappa shape index (κ1) is 28.5. The highest BCUT2D eigenvalue weighted by molar-refractivity contribution is 5.78. The van der Waals surface area contributed by atoms with Gasteiger partial charge in [0.1, 0.15) is 17.7 Å². The maximum absolute atomic E-state index is 12.2. The number of hydrogen-bond acceptors (Lipinski definition) is 8. The van der Waals surface area contributed by atoms with Crippen molar-refractivity contribution in [3.8, 4) is 0 Å². The lowest BCUT2D eigenvalue weighted by Crippen LogP contribution is -2.37. The molecule has 5 rings (SSSR count). The van der Waals surface area contributed by atoms with Crippen molar-refractivity contribution in [3.05, 3.63) is 71.3 Å². The van der Waals surface area contributed by atoms with Crippen LogP contribution in [0.5, 0.6) is 0 Å². The third kappa shape index (κ3) is 7.79. The van der Waals surface area contributed by atoms with E-state index in [-0.39, 0.29) is 0 Å². The normalized spacial score (nSPS) is 13.6. The van der Waals surface area contributed by atoms with Crippen molar-refractivity contribution in [1.29, 1.82) is 0 Å². The number of rotatable bonds is 14. The second-order valence-electron chi connectivity index (χ2n) is 10.9. The summed E-state index contributed by atoms with van der Waals surface area (Å²) in [5, 5.41) is 21.1. The molecule has 0 saturated carbocycles. The van der Waals surface area contributed by atoms with Crippen LogP contribution in [0, 0.1) is 13.8 Å². The van der Waals surface area contributed by atoms with Gasteiger partial charge in [-0.05, 0) is 88.7 Å². The molecule has 4 heterocycles. The number of carboxylic acid groups (broad SMARTS) is 1. The number of aryl methyl sites for hydroxylation is 4. The van der Waals surface area contributed by atoms with E-state index in [9.17, 15) is 9.90 Å². The minimum atomic E-state index is -0.898. The summed E-state index contributed by atoms with van der Waals surface area (Å²) < 4.78 is 2.03. The zero-order valence-corrected chi connectivity index (χ0v) is 24.0. The summed E-state index contributed by atoms with van der Waals surface area (Å²) in [4.78, 5) is 28.3. The van der Waals surface area contributed by atoms with E-state index in [1.165, 1.54) is 5.56 Å². The number of benzene rings is 1. The average molecular weight is 557 g/mol. The molecule has 3 N–H and O–H groups in total. The van der Waals surface area contributed by atoms with Crippen molar-refractivity contribution < 1.29 is 9.90 Å². The number of fused-ring (bicyclic) bond motifs is 2. The second kappa shape index (κ2) is 13.5. The SMILES string of the molecule is Cc1cc(C)n(CCN(CCCCc2ccc3c(n2)NCCC3)CCC(Nc2cnc3ccccc3n2)C(=O)O)n1. The Morgan fingerprint density at radius 1 is 1.10 bits per heavy atom. The lowest BCUT2D eigenvalue weighted by Gasteiger charge is -2.25. The molecule has 10 nitrogen and oxygen atoms in total. The van der Waals surface area contributed by atoms with Crippen LogP contribution in [0.3, 0.4) is 0 Å². The number of unbranched alkanes of at least 4 members (excludes halogenated alkanes) is 1. The molecule has 0 spiro atoms. The van der Waals surface area contributed by atoms with Gasteiger partial charge in [0.05, 0.1) is 29.5 Å². The maximum Gasteiger partial charge on any atom is 0.326 e. The predicted molar refractivity (Wildman–Crippen MR) is 161 cm³/mol. The summed E-state index contributed by atoms with van der Waals surface area (Å²) in [7, 11) is 0. The molecule has 10 heteroatoms. The van der Waals surface area contributed by atoms with E-state index in [0.717, 1.165) is 92.2 Å². The van der Waals surface area contributed by atoms with Crippen LogP contribution >= 0.6 is 0 Å². The minimum Gasteiger partial charge on any atom is -0.480 e. The second-order valence-corrected chi connectivity index (χ2v) is 10.9. The number of aliphatic carboxylic acids is 1. The van der Waals surface area contributed by atoms with E-state index in [0.29, 0.717) is 18.8 Å². The van der Waals surface area contributed by atoms with Crippen LogP contribution in [-0.2, 0) is 24.2 Å². The fraction of sp³-hybridized carbons (Fsp3) is 0.452. The van der Waals surface area contributed by atoms with Gasteiger partial charge >= 0.3 is 5.97 Å². The van der Waals surface area contributed by atoms with Crippen LogP contribution in [-0.4, -0.2) is 72.9 Å². The first-order valence-electron chi connectivity index (χ1n) is 14.6. The van der Waals surface area contributed by atoms with Crippen LogP contribution in [0.4, 0.5) is 11.6 Å². The Kier molecular flexibility index (Phi) is 9.40. The van der Waals surface area contributed by atoms with Gasteiger partial charge in [0.25, 0.3) is 0 Å². The molecule has 1 aromatic carbocycles. The standard InChI is InChI=1S/C31H40N8O2/c1-22-20-23(2)39(37-22)19-18-38(16-6-5-9-25-13-12-24-8-7-15-32-30(24)34-25)17-14-28(31(40)41)36-29-21-33-26-10-3-4-11-27(26)35-29/h3-4,10-13,20-21,28H,5-9,14-19H2,1-2H3,(H,32,34)(H,35,36)(H,40,41). The summed E-state index contributed by atoms with van der Waals surface area (Å²) in [6, 6.07) is 13.3. The van der Waals surface area contributed by atoms with Crippen LogP contribution < -0.4 is 10.6 Å². The molecule has 3 aromatic heterocycles.